The molecule has 3 aliphatic rings. The zero-order valence-electron chi connectivity index (χ0n) is 16.0. The summed E-state index contributed by atoms with van der Waals surface area (Å²) >= 11 is 0. The van der Waals surface area contributed by atoms with Gasteiger partial charge in [0.2, 0.25) is 0 Å². The minimum Gasteiger partial charge on any atom is -0.458 e. The molecule has 0 aromatic heterocycles. The molecular weight excluding hydrogens is 352 g/mol. The second kappa shape index (κ2) is 7.37. The lowest BCUT2D eigenvalue weighted by Crippen LogP contribution is -2.41. The normalized spacial score (nSPS) is 42.0. The van der Waals surface area contributed by atoms with Gasteiger partial charge in [-0.15, -0.1) is 0 Å². The van der Waals surface area contributed by atoms with Crippen molar-refractivity contribution < 1.29 is 34.0 Å². The number of allylic oxidation sites excluding steroid dienone is 1. The van der Waals surface area contributed by atoms with Gasteiger partial charge in [-0.1, -0.05) is 12.7 Å². The maximum atomic E-state index is 12.4. The molecule has 1 saturated carbocycles. The number of esters is 2. The van der Waals surface area contributed by atoms with E-state index >= 15 is 0 Å². The van der Waals surface area contributed by atoms with Gasteiger partial charge in [0.1, 0.15) is 12.2 Å². The van der Waals surface area contributed by atoms with Crippen molar-refractivity contribution in [1.82, 2.24) is 0 Å². The van der Waals surface area contributed by atoms with E-state index in [0.29, 0.717) is 18.4 Å². The Bertz CT molecular complexity index is 669. The molecule has 150 valence electrons. The summed E-state index contributed by atoms with van der Waals surface area (Å²) in [6.07, 6.45) is 0.499. The average Bonchev–Trinajstić information content (AvgIpc) is 3.15. The zero-order valence-corrected chi connectivity index (χ0v) is 16.0. The van der Waals surface area contributed by atoms with Crippen LogP contribution in [-0.4, -0.2) is 58.8 Å². The van der Waals surface area contributed by atoms with Crippen molar-refractivity contribution >= 4 is 11.9 Å². The lowest BCUT2D eigenvalue weighted by molar-refractivity contribution is -0.150. The second-order valence-corrected chi connectivity index (χ2v) is 8.01. The minimum atomic E-state index is -0.764. The third-order valence-corrected chi connectivity index (χ3v) is 6.15. The van der Waals surface area contributed by atoms with Gasteiger partial charge in [-0.05, 0) is 27.2 Å². The SMILES string of the molecule is C=C1C(=O)OC2CC(CO)C(O)CC3OC3(C)CC(OC(=O)C(C)=CC)C12. The van der Waals surface area contributed by atoms with E-state index in [-0.39, 0.29) is 24.7 Å². The van der Waals surface area contributed by atoms with E-state index in [0.717, 1.165) is 0 Å². The van der Waals surface area contributed by atoms with Crippen LogP contribution in [0.4, 0.5) is 0 Å². The third kappa shape index (κ3) is 3.81. The summed E-state index contributed by atoms with van der Waals surface area (Å²) in [5.41, 5.74) is 0.161. The van der Waals surface area contributed by atoms with Gasteiger partial charge in [0.15, 0.2) is 0 Å². The third-order valence-electron chi connectivity index (χ3n) is 6.15. The number of aliphatic hydroxyl groups excluding tert-OH is 2. The molecule has 0 aromatic carbocycles. The van der Waals surface area contributed by atoms with Crippen molar-refractivity contribution in [3.8, 4) is 0 Å². The molecule has 3 rings (SSSR count). The number of fused-ring (bicyclic) bond motifs is 2. The molecule has 3 fully saturated rings. The Hall–Kier alpha value is -1.70. The van der Waals surface area contributed by atoms with Crippen molar-refractivity contribution in [3.05, 3.63) is 23.8 Å². The molecule has 7 atom stereocenters. The number of ether oxygens (including phenoxy) is 3. The van der Waals surface area contributed by atoms with Crippen molar-refractivity contribution in [3.63, 3.8) is 0 Å². The van der Waals surface area contributed by atoms with Crippen molar-refractivity contribution in [2.75, 3.05) is 6.61 Å². The highest BCUT2D eigenvalue weighted by molar-refractivity contribution is 5.91. The Balaban J connectivity index is 1.93. The monoisotopic (exact) mass is 380 g/mol. The summed E-state index contributed by atoms with van der Waals surface area (Å²) in [5, 5.41) is 20.2. The van der Waals surface area contributed by atoms with Gasteiger partial charge in [0.25, 0.3) is 0 Å². The molecule has 7 nitrogen and oxygen atoms in total. The van der Waals surface area contributed by atoms with E-state index in [9.17, 15) is 19.8 Å². The first-order valence-electron chi connectivity index (χ1n) is 9.40. The first kappa shape index (κ1) is 20.0. The van der Waals surface area contributed by atoms with Crippen molar-refractivity contribution in [2.24, 2.45) is 11.8 Å². The van der Waals surface area contributed by atoms with Gasteiger partial charge in [-0.25, -0.2) is 9.59 Å². The largest absolute Gasteiger partial charge is 0.458 e. The van der Waals surface area contributed by atoms with Gasteiger partial charge < -0.3 is 24.4 Å². The average molecular weight is 380 g/mol. The molecule has 2 saturated heterocycles. The van der Waals surface area contributed by atoms with Crippen LogP contribution in [0.2, 0.25) is 0 Å². The van der Waals surface area contributed by atoms with Crippen LogP contribution in [0.15, 0.2) is 23.8 Å². The molecular formula is C20H28O7. The Labute approximate surface area is 159 Å². The Morgan fingerprint density at radius 2 is 2.15 bits per heavy atom. The molecule has 1 aliphatic carbocycles. The fourth-order valence-corrected chi connectivity index (χ4v) is 4.13. The second-order valence-electron chi connectivity index (χ2n) is 8.01. The molecule has 0 bridgehead atoms. The van der Waals surface area contributed by atoms with E-state index in [1.54, 1.807) is 19.9 Å². The summed E-state index contributed by atoms with van der Waals surface area (Å²) in [4.78, 5) is 24.6. The Morgan fingerprint density at radius 1 is 1.44 bits per heavy atom. The number of rotatable bonds is 3. The summed E-state index contributed by atoms with van der Waals surface area (Å²) < 4.78 is 17.0. The summed E-state index contributed by atoms with van der Waals surface area (Å²) in [6.45, 7) is 8.94. The van der Waals surface area contributed by atoms with Gasteiger partial charge in [-0.3, -0.25) is 0 Å². The number of carbonyl (C=O) groups is 2. The highest BCUT2D eigenvalue weighted by Crippen LogP contribution is 2.48. The van der Waals surface area contributed by atoms with E-state index in [1.165, 1.54) is 0 Å². The quantitative estimate of drug-likeness (QED) is 0.431. The highest BCUT2D eigenvalue weighted by Gasteiger charge is 2.58. The van der Waals surface area contributed by atoms with Gasteiger partial charge in [0.05, 0.1) is 23.7 Å². The van der Waals surface area contributed by atoms with Gasteiger partial charge in [0, 0.05) is 36.5 Å². The molecule has 7 heteroatoms. The highest BCUT2D eigenvalue weighted by atomic mass is 16.6. The molecule has 2 heterocycles. The fourth-order valence-electron chi connectivity index (χ4n) is 4.13. The summed E-state index contributed by atoms with van der Waals surface area (Å²) in [6, 6.07) is 0. The topological polar surface area (TPSA) is 106 Å². The summed E-state index contributed by atoms with van der Waals surface area (Å²) in [5.74, 6) is -1.98. The summed E-state index contributed by atoms with van der Waals surface area (Å²) in [7, 11) is 0. The van der Waals surface area contributed by atoms with Crippen LogP contribution in [0.25, 0.3) is 0 Å². The molecule has 0 radical (unpaired) electrons. The van der Waals surface area contributed by atoms with E-state index in [1.807, 2.05) is 6.92 Å². The van der Waals surface area contributed by atoms with Crippen LogP contribution >= 0.6 is 0 Å². The number of aliphatic hydroxyl groups is 2. The Kier molecular flexibility index (Phi) is 5.47. The predicted octanol–water partition coefficient (Wildman–Crippen LogP) is 1.27. The lowest BCUT2D eigenvalue weighted by atomic mass is 9.78. The van der Waals surface area contributed by atoms with Gasteiger partial charge >= 0.3 is 11.9 Å². The number of epoxide rings is 1. The van der Waals surface area contributed by atoms with E-state index in [4.69, 9.17) is 14.2 Å². The zero-order chi connectivity index (χ0) is 19.9. The van der Waals surface area contributed by atoms with Crippen molar-refractivity contribution in [1.29, 1.82) is 0 Å². The van der Waals surface area contributed by atoms with Crippen molar-refractivity contribution in [2.45, 2.75) is 70.1 Å². The van der Waals surface area contributed by atoms with Gasteiger partial charge in [-0.2, -0.15) is 0 Å². The van der Waals surface area contributed by atoms with Crippen LogP contribution in [0.1, 0.15) is 40.0 Å². The fraction of sp³-hybridized carbons (Fsp3) is 0.700. The molecule has 7 unspecified atom stereocenters. The Morgan fingerprint density at radius 3 is 2.78 bits per heavy atom. The molecule has 27 heavy (non-hydrogen) atoms. The lowest BCUT2D eigenvalue weighted by Gasteiger charge is -2.32. The first-order valence-corrected chi connectivity index (χ1v) is 9.40. The van der Waals surface area contributed by atoms with Crippen LogP contribution in [0.3, 0.4) is 0 Å². The first-order chi connectivity index (χ1) is 12.7. The molecule has 2 aliphatic heterocycles. The number of hydrogen-bond donors (Lipinski definition) is 2. The predicted molar refractivity (Wildman–Crippen MR) is 95.5 cm³/mol. The van der Waals surface area contributed by atoms with Crippen LogP contribution in [0, 0.1) is 11.8 Å². The molecule has 0 spiro atoms. The van der Waals surface area contributed by atoms with E-state index in [2.05, 4.69) is 6.58 Å². The van der Waals surface area contributed by atoms with Crippen LogP contribution in [0.5, 0.6) is 0 Å². The number of hydrogen-bond acceptors (Lipinski definition) is 7. The maximum Gasteiger partial charge on any atom is 0.334 e. The standard InChI is InChI=1S/C20H28O7/c1-5-10(2)18(23)26-15-8-20(4)16(27-20)7-13(22)12(9-21)6-14-17(15)11(3)19(24)25-14/h5,12-17,21-22H,3,6-9H2,1-2,4H3. The maximum absolute atomic E-state index is 12.4. The smallest absolute Gasteiger partial charge is 0.334 e. The van der Waals surface area contributed by atoms with Crippen LogP contribution < -0.4 is 0 Å². The van der Waals surface area contributed by atoms with Crippen LogP contribution in [-0.2, 0) is 23.8 Å². The molecule has 2 N–H and O–H groups in total. The van der Waals surface area contributed by atoms with E-state index < -0.39 is 47.7 Å². The number of carbonyl (C=O) groups excluding carboxylic acids is 2. The molecule has 0 amide bonds. The minimum absolute atomic E-state index is 0.187. The molecule has 0 aromatic rings.